The summed E-state index contributed by atoms with van der Waals surface area (Å²) in [6.45, 7) is 3.00. The fourth-order valence-electron chi connectivity index (χ4n) is 1.52. The number of carbonyl (C=O) groups excluding carboxylic acids is 1. The van der Waals surface area contributed by atoms with Gasteiger partial charge in [0.15, 0.2) is 0 Å². The Morgan fingerprint density at radius 2 is 2.23 bits per heavy atom. The molecule has 0 radical (unpaired) electrons. The van der Waals surface area contributed by atoms with Gasteiger partial charge >= 0.3 is 0 Å². The van der Waals surface area contributed by atoms with E-state index in [1.165, 1.54) is 0 Å². The minimum atomic E-state index is -0.162. The van der Waals surface area contributed by atoms with Crippen molar-refractivity contribution in [2.24, 2.45) is 0 Å². The Morgan fingerprint density at radius 1 is 1.54 bits per heavy atom. The van der Waals surface area contributed by atoms with Gasteiger partial charge in [0, 0.05) is 12.1 Å². The molecule has 3 N–H and O–H groups in total. The fourth-order valence-corrected chi connectivity index (χ4v) is 1.52. The lowest BCUT2D eigenvalue weighted by Gasteiger charge is -2.41. The number of aliphatic hydroxyl groups is 1. The maximum Gasteiger partial charge on any atom is 0.233 e. The first-order valence-corrected chi connectivity index (χ1v) is 4.85. The van der Waals surface area contributed by atoms with Crippen LogP contribution in [0.1, 0.15) is 26.2 Å². The van der Waals surface area contributed by atoms with Gasteiger partial charge in [0.05, 0.1) is 13.2 Å². The summed E-state index contributed by atoms with van der Waals surface area (Å²) in [6.07, 6.45) is 3.09. The Kier molecular flexibility index (Phi) is 3.69. The van der Waals surface area contributed by atoms with E-state index in [0.29, 0.717) is 13.1 Å². The number of rotatable bonds is 5. The number of hydrogen-bond donors (Lipinski definition) is 3. The molecule has 4 heteroatoms. The Bertz CT molecular complexity index is 173. The molecule has 1 rings (SSSR count). The van der Waals surface area contributed by atoms with Crippen molar-refractivity contribution in [1.82, 2.24) is 10.6 Å². The second-order valence-corrected chi connectivity index (χ2v) is 3.60. The highest BCUT2D eigenvalue weighted by atomic mass is 16.3. The van der Waals surface area contributed by atoms with Crippen LogP contribution >= 0.6 is 0 Å². The highest BCUT2D eigenvalue weighted by molar-refractivity contribution is 5.78. The second kappa shape index (κ2) is 4.58. The summed E-state index contributed by atoms with van der Waals surface area (Å²) in [6, 6.07) is 0. The summed E-state index contributed by atoms with van der Waals surface area (Å²) in [5.41, 5.74) is -0.162. The molecule has 0 atom stereocenters. The van der Waals surface area contributed by atoms with E-state index in [2.05, 4.69) is 10.6 Å². The fraction of sp³-hybridized carbons (Fsp3) is 0.889. The van der Waals surface area contributed by atoms with Crippen molar-refractivity contribution >= 4 is 5.91 Å². The van der Waals surface area contributed by atoms with Crippen LogP contribution in [0.2, 0.25) is 0 Å². The van der Waals surface area contributed by atoms with Crippen molar-refractivity contribution in [2.45, 2.75) is 31.7 Å². The van der Waals surface area contributed by atoms with E-state index in [1.807, 2.05) is 6.92 Å². The Labute approximate surface area is 78.7 Å². The molecule has 1 fully saturated rings. The van der Waals surface area contributed by atoms with E-state index in [0.717, 1.165) is 19.3 Å². The van der Waals surface area contributed by atoms with Crippen LogP contribution in [0.3, 0.4) is 0 Å². The Morgan fingerprint density at radius 3 is 2.62 bits per heavy atom. The minimum Gasteiger partial charge on any atom is -0.394 e. The van der Waals surface area contributed by atoms with Gasteiger partial charge < -0.3 is 15.7 Å². The van der Waals surface area contributed by atoms with E-state index >= 15 is 0 Å². The number of aliphatic hydroxyl groups excluding tert-OH is 1. The molecule has 1 saturated carbocycles. The molecule has 1 amide bonds. The molecule has 0 aromatic rings. The summed E-state index contributed by atoms with van der Waals surface area (Å²) in [7, 11) is 0. The average molecular weight is 186 g/mol. The van der Waals surface area contributed by atoms with Gasteiger partial charge in [-0.1, -0.05) is 0 Å². The monoisotopic (exact) mass is 186 g/mol. The third kappa shape index (κ3) is 2.67. The van der Waals surface area contributed by atoms with Crippen LogP contribution in [-0.4, -0.2) is 36.2 Å². The molecule has 76 valence electrons. The molecule has 0 aliphatic heterocycles. The van der Waals surface area contributed by atoms with E-state index in [4.69, 9.17) is 5.11 Å². The molecule has 4 nitrogen and oxygen atoms in total. The molecule has 0 aromatic heterocycles. The van der Waals surface area contributed by atoms with Crippen LogP contribution in [0.4, 0.5) is 0 Å². The largest absolute Gasteiger partial charge is 0.394 e. The second-order valence-electron chi connectivity index (χ2n) is 3.60. The smallest absolute Gasteiger partial charge is 0.233 e. The first-order valence-electron chi connectivity index (χ1n) is 4.85. The van der Waals surface area contributed by atoms with Crippen molar-refractivity contribution in [2.75, 3.05) is 19.7 Å². The number of hydrogen-bond acceptors (Lipinski definition) is 3. The third-order valence-electron chi connectivity index (χ3n) is 2.61. The lowest BCUT2D eigenvalue weighted by atomic mass is 9.77. The van der Waals surface area contributed by atoms with Gasteiger partial charge in [-0.05, 0) is 26.2 Å². The van der Waals surface area contributed by atoms with Gasteiger partial charge in [0.2, 0.25) is 5.91 Å². The average Bonchev–Trinajstić information content (AvgIpc) is 2.04. The van der Waals surface area contributed by atoms with E-state index in [1.54, 1.807) is 0 Å². The van der Waals surface area contributed by atoms with Crippen molar-refractivity contribution in [1.29, 1.82) is 0 Å². The molecule has 1 aliphatic rings. The number of carbonyl (C=O) groups is 1. The zero-order valence-electron chi connectivity index (χ0n) is 8.10. The molecule has 13 heavy (non-hydrogen) atoms. The van der Waals surface area contributed by atoms with Crippen LogP contribution in [0.15, 0.2) is 0 Å². The lowest BCUT2D eigenvalue weighted by Crippen LogP contribution is -2.56. The van der Waals surface area contributed by atoms with E-state index < -0.39 is 0 Å². The number of likely N-dealkylation sites (N-methyl/N-ethyl adjacent to an activating group) is 1. The maximum atomic E-state index is 11.1. The standard InChI is InChI=1S/C9H18N2O2/c1-2-10-8(13)6-11-9(7-12)4-3-5-9/h11-12H,2-7H2,1H3,(H,10,13). The predicted molar refractivity (Wildman–Crippen MR) is 50.4 cm³/mol. The molecule has 0 heterocycles. The predicted octanol–water partition coefficient (Wildman–Crippen LogP) is -0.373. The zero-order chi connectivity index (χ0) is 9.73. The van der Waals surface area contributed by atoms with Crippen LogP contribution in [0, 0.1) is 0 Å². The molecule has 0 saturated heterocycles. The van der Waals surface area contributed by atoms with Crippen LogP contribution < -0.4 is 10.6 Å². The Balaban J connectivity index is 2.20. The first-order chi connectivity index (χ1) is 6.22. The minimum absolute atomic E-state index is 0.00206. The molecule has 0 unspecified atom stereocenters. The Hall–Kier alpha value is -0.610. The molecule has 0 spiro atoms. The van der Waals surface area contributed by atoms with Gasteiger partial charge in [-0.3, -0.25) is 4.79 Å². The molecular weight excluding hydrogens is 168 g/mol. The lowest BCUT2D eigenvalue weighted by molar-refractivity contribution is -0.120. The molecule has 0 bridgehead atoms. The normalized spacial score (nSPS) is 19.2. The van der Waals surface area contributed by atoms with Crippen molar-refractivity contribution in [3.05, 3.63) is 0 Å². The van der Waals surface area contributed by atoms with Crippen LogP contribution in [-0.2, 0) is 4.79 Å². The van der Waals surface area contributed by atoms with Gasteiger partial charge in [0.25, 0.3) is 0 Å². The van der Waals surface area contributed by atoms with Gasteiger partial charge in [0.1, 0.15) is 0 Å². The molecule has 0 aromatic carbocycles. The maximum absolute atomic E-state index is 11.1. The van der Waals surface area contributed by atoms with Gasteiger partial charge in [-0.25, -0.2) is 0 Å². The summed E-state index contributed by atoms with van der Waals surface area (Å²) >= 11 is 0. The SMILES string of the molecule is CCNC(=O)CNC1(CO)CCC1. The number of nitrogens with one attached hydrogen (secondary N) is 2. The highest BCUT2D eigenvalue weighted by Gasteiger charge is 2.35. The third-order valence-corrected chi connectivity index (χ3v) is 2.61. The first kappa shape index (κ1) is 10.5. The topological polar surface area (TPSA) is 61.4 Å². The van der Waals surface area contributed by atoms with E-state index in [-0.39, 0.29) is 18.1 Å². The summed E-state index contributed by atoms with van der Waals surface area (Å²) in [5.74, 6) is 0.00206. The van der Waals surface area contributed by atoms with Crippen LogP contribution in [0.25, 0.3) is 0 Å². The summed E-state index contributed by atoms with van der Waals surface area (Å²) in [4.78, 5) is 11.1. The highest BCUT2D eigenvalue weighted by Crippen LogP contribution is 2.30. The van der Waals surface area contributed by atoms with Gasteiger partial charge in [-0.15, -0.1) is 0 Å². The summed E-state index contributed by atoms with van der Waals surface area (Å²) < 4.78 is 0. The zero-order valence-corrected chi connectivity index (χ0v) is 8.10. The molecular formula is C9H18N2O2. The van der Waals surface area contributed by atoms with Crippen molar-refractivity contribution in [3.63, 3.8) is 0 Å². The van der Waals surface area contributed by atoms with Crippen molar-refractivity contribution in [3.8, 4) is 0 Å². The quantitative estimate of drug-likeness (QED) is 0.549. The summed E-state index contributed by atoms with van der Waals surface area (Å²) in [5, 5.41) is 14.9. The molecule has 1 aliphatic carbocycles. The van der Waals surface area contributed by atoms with Crippen LogP contribution in [0.5, 0.6) is 0 Å². The van der Waals surface area contributed by atoms with E-state index in [9.17, 15) is 4.79 Å². The van der Waals surface area contributed by atoms with Crippen molar-refractivity contribution < 1.29 is 9.90 Å². The number of amides is 1. The van der Waals surface area contributed by atoms with Gasteiger partial charge in [-0.2, -0.15) is 0 Å².